The average Bonchev–Trinajstić information content (AvgIpc) is 3.13. The quantitative estimate of drug-likeness (QED) is 0.743. The number of benzene rings is 1. The molecule has 0 spiro atoms. The number of rotatable bonds is 1. The van der Waals surface area contributed by atoms with Gasteiger partial charge in [-0.05, 0) is 91.7 Å². The summed E-state index contributed by atoms with van der Waals surface area (Å²) < 4.78 is 1.87. The summed E-state index contributed by atoms with van der Waals surface area (Å²) in [5, 5.41) is 14.2. The molecule has 4 nitrogen and oxygen atoms in total. The summed E-state index contributed by atoms with van der Waals surface area (Å²) in [6, 6.07) is 5.89. The molecule has 0 saturated heterocycles. The van der Waals surface area contributed by atoms with E-state index in [0.717, 1.165) is 48.9 Å². The number of Topliss-reactive ketones (excluding diaryl/α,β-unsaturated/α-hetero) is 1. The van der Waals surface area contributed by atoms with Gasteiger partial charge in [-0.25, -0.2) is 0 Å². The van der Waals surface area contributed by atoms with E-state index in [9.17, 15) is 9.90 Å². The summed E-state index contributed by atoms with van der Waals surface area (Å²) >= 11 is 0. The first-order valence-corrected chi connectivity index (χ1v) is 10.4. The monoisotopic (exact) mass is 376 g/mol. The van der Waals surface area contributed by atoms with Gasteiger partial charge in [0.25, 0.3) is 0 Å². The number of phenolic OH excluding ortho intramolecular Hbond substituents is 1. The van der Waals surface area contributed by atoms with Crippen LogP contribution in [-0.2, 0) is 18.3 Å². The lowest BCUT2D eigenvalue weighted by molar-refractivity contribution is -0.127. The van der Waals surface area contributed by atoms with Gasteiger partial charge in [0.2, 0.25) is 0 Å². The maximum absolute atomic E-state index is 13.4. The first kappa shape index (κ1) is 17.7. The number of carbonyl (C=O) groups is 1. The molecule has 0 unspecified atom stereocenters. The third-order valence-corrected chi connectivity index (χ3v) is 7.95. The molecule has 2 saturated carbocycles. The lowest BCUT2D eigenvalue weighted by Crippen LogP contribution is -2.42. The predicted octanol–water partition coefficient (Wildman–Crippen LogP) is 4.55. The molecule has 4 heteroatoms. The number of hydrogen-bond acceptors (Lipinski definition) is 3. The fourth-order valence-electron chi connectivity index (χ4n) is 6.21. The number of nitrogens with zero attached hydrogens (tertiary/aromatic N) is 2. The molecule has 28 heavy (non-hydrogen) atoms. The van der Waals surface area contributed by atoms with Crippen LogP contribution in [0.1, 0.15) is 60.9 Å². The summed E-state index contributed by atoms with van der Waals surface area (Å²) in [6.07, 6.45) is 9.00. The Balaban J connectivity index is 1.50. The van der Waals surface area contributed by atoms with Crippen molar-refractivity contribution in [3.05, 3.63) is 52.4 Å². The van der Waals surface area contributed by atoms with Crippen LogP contribution in [0.2, 0.25) is 0 Å². The van der Waals surface area contributed by atoms with Crippen LogP contribution in [0.5, 0.6) is 5.75 Å². The van der Waals surface area contributed by atoms with Gasteiger partial charge in [-0.3, -0.25) is 9.48 Å². The molecule has 0 bridgehead atoms. The van der Waals surface area contributed by atoms with Crippen molar-refractivity contribution in [2.24, 2.45) is 24.3 Å². The molecule has 3 aliphatic rings. The summed E-state index contributed by atoms with van der Waals surface area (Å²) in [5.74, 6) is 2.22. The average molecular weight is 377 g/mol. The van der Waals surface area contributed by atoms with E-state index in [1.54, 1.807) is 0 Å². The van der Waals surface area contributed by atoms with Crippen LogP contribution < -0.4 is 0 Å². The zero-order chi connectivity index (χ0) is 19.6. The van der Waals surface area contributed by atoms with Crippen molar-refractivity contribution in [3.63, 3.8) is 0 Å². The normalized spacial score (nSPS) is 32.9. The second kappa shape index (κ2) is 6.07. The number of carbonyl (C=O) groups excluding carboxylic acids is 1. The van der Waals surface area contributed by atoms with Crippen LogP contribution in [-0.4, -0.2) is 20.7 Å². The molecule has 1 aromatic carbocycles. The van der Waals surface area contributed by atoms with E-state index in [4.69, 9.17) is 0 Å². The minimum atomic E-state index is -0.225. The van der Waals surface area contributed by atoms with Crippen LogP contribution in [0.4, 0.5) is 0 Å². The van der Waals surface area contributed by atoms with E-state index in [-0.39, 0.29) is 5.41 Å². The summed E-state index contributed by atoms with van der Waals surface area (Å²) in [6.45, 7) is 4.26. The third kappa shape index (κ3) is 2.43. The van der Waals surface area contributed by atoms with Gasteiger partial charge in [0, 0.05) is 23.7 Å². The highest BCUT2D eigenvalue weighted by molar-refractivity contribution is 6.06. The molecule has 3 aliphatic carbocycles. The second-order valence-corrected chi connectivity index (χ2v) is 9.27. The number of aromatic hydroxyl groups is 1. The van der Waals surface area contributed by atoms with Crippen molar-refractivity contribution in [2.75, 3.05) is 0 Å². The van der Waals surface area contributed by atoms with Crippen LogP contribution >= 0.6 is 0 Å². The fraction of sp³-hybridized carbons (Fsp3) is 0.500. The molecular formula is C24H28N2O2. The summed E-state index contributed by atoms with van der Waals surface area (Å²) in [5.41, 5.74) is 5.64. The number of phenols is 1. The molecule has 0 radical (unpaired) electrons. The highest BCUT2D eigenvalue weighted by Crippen LogP contribution is 2.60. The van der Waals surface area contributed by atoms with E-state index >= 15 is 0 Å². The van der Waals surface area contributed by atoms with Gasteiger partial charge in [0.15, 0.2) is 5.78 Å². The molecule has 2 fully saturated rings. The molecule has 4 atom stereocenters. The van der Waals surface area contributed by atoms with Crippen molar-refractivity contribution in [2.45, 2.75) is 51.9 Å². The van der Waals surface area contributed by atoms with Crippen molar-refractivity contribution < 1.29 is 9.90 Å². The number of aromatic nitrogens is 2. The van der Waals surface area contributed by atoms with Crippen molar-refractivity contribution in [1.29, 1.82) is 0 Å². The lowest BCUT2D eigenvalue weighted by Gasteiger charge is -2.48. The Bertz CT molecular complexity index is 1000. The summed E-state index contributed by atoms with van der Waals surface area (Å²) in [7, 11) is 1.94. The van der Waals surface area contributed by atoms with E-state index in [1.165, 1.54) is 11.1 Å². The topological polar surface area (TPSA) is 55.1 Å². The van der Waals surface area contributed by atoms with Crippen LogP contribution in [0.3, 0.4) is 0 Å². The highest BCUT2D eigenvalue weighted by Gasteiger charge is 2.56. The molecule has 1 heterocycles. The first-order chi connectivity index (χ1) is 13.4. The van der Waals surface area contributed by atoms with Crippen LogP contribution in [0.25, 0.3) is 6.08 Å². The molecule has 0 aliphatic heterocycles. The number of allylic oxidation sites excluding steroid dienone is 1. The largest absolute Gasteiger partial charge is 0.508 e. The Morgan fingerprint density at radius 1 is 1.32 bits per heavy atom. The Hall–Kier alpha value is -2.36. The minimum Gasteiger partial charge on any atom is -0.508 e. The number of ketones is 1. The van der Waals surface area contributed by atoms with Gasteiger partial charge in [0.05, 0.1) is 6.20 Å². The van der Waals surface area contributed by atoms with Gasteiger partial charge >= 0.3 is 0 Å². The molecule has 1 N–H and O–H groups in total. The fourth-order valence-corrected chi connectivity index (χ4v) is 6.21. The second-order valence-electron chi connectivity index (χ2n) is 9.27. The maximum atomic E-state index is 13.4. The smallest absolute Gasteiger partial charge is 0.165 e. The predicted molar refractivity (Wildman–Crippen MR) is 109 cm³/mol. The highest BCUT2D eigenvalue weighted by atomic mass is 16.3. The van der Waals surface area contributed by atoms with Gasteiger partial charge < -0.3 is 5.11 Å². The van der Waals surface area contributed by atoms with Crippen molar-refractivity contribution >= 4 is 11.9 Å². The van der Waals surface area contributed by atoms with Crippen LogP contribution in [0, 0.1) is 24.2 Å². The summed E-state index contributed by atoms with van der Waals surface area (Å²) in [4.78, 5) is 13.4. The van der Waals surface area contributed by atoms with E-state index in [1.807, 2.05) is 30.1 Å². The lowest BCUT2D eigenvalue weighted by atomic mass is 9.55. The molecule has 0 amide bonds. The van der Waals surface area contributed by atoms with Gasteiger partial charge in [-0.2, -0.15) is 5.10 Å². The van der Waals surface area contributed by atoms with Gasteiger partial charge in [0.1, 0.15) is 5.75 Å². The Morgan fingerprint density at radius 3 is 2.89 bits per heavy atom. The molecule has 1 aromatic heterocycles. The zero-order valence-electron chi connectivity index (χ0n) is 16.9. The molecule has 146 valence electrons. The van der Waals surface area contributed by atoms with E-state index in [0.29, 0.717) is 29.3 Å². The standard InChI is InChI=1S/C24H28N2O2/c1-14-17(13-25-26(14)3)10-16-12-22-21-6-4-15-11-18(27)5-7-19(15)20(21)8-9-24(22,2)23(16)28/h5,7,10-11,13,20-22,27H,4,6,8-9,12H2,1-3H3/b16-10-/t20-,21+,22-,24-/m0/s1. The Morgan fingerprint density at radius 2 is 2.14 bits per heavy atom. The van der Waals surface area contributed by atoms with Gasteiger partial charge in [-0.1, -0.05) is 13.0 Å². The van der Waals surface area contributed by atoms with Gasteiger partial charge in [-0.15, -0.1) is 0 Å². The van der Waals surface area contributed by atoms with Crippen molar-refractivity contribution in [1.82, 2.24) is 9.78 Å². The number of hydrogen-bond donors (Lipinski definition) is 1. The molecule has 5 rings (SSSR count). The minimum absolute atomic E-state index is 0.225. The number of aryl methyl sites for hydroxylation is 2. The Labute approximate surface area is 166 Å². The van der Waals surface area contributed by atoms with Crippen molar-refractivity contribution in [3.8, 4) is 5.75 Å². The maximum Gasteiger partial charge on any atom is 0.165 e. The molecule has 2 aromatic rings. The number of fused-ring (bicyclic) bond motifs is 5. The van der Waals surface area contributed by atoms with E-state index in [2.05, 4.69) is 31.1 Å². The van der Waals surface area contributed by atoms with E-state index < -0.39 is 0 Å². The SMILES string of the molecule is Cc1c(/C=C2/C[C@H]3[C@@H]4CCc5cc(O)ccc5[C@@H]4CC[C@]3(C)C2=O)cnn1C. The van der Waals surface area contributed by atoms with Crippen LogP contribution in [0.15, 0.2) is 30.0 Å². The molecular weight excluding hydrogens is 348 g/mol. The zero-order valence-corrected chi connectivity index (χ0v) is 16.9. The third-order valence-electron chi connectivity index (χ3n) is 7.95. The Kier molecular flexibility index (Phi) is 3.84. The first-order valence-electron chi connectivity index (χ1n) is 10.4.